The minimum absolute atomic E-state index is 0.0120. The van der Waals surface area contributed by atoms with Gasteiger partial charge in [-0.05, 0) is 37.1 Å². The summed E-state index contributed by atoms with van der Waals surface area (Å²) in [5.74, 6) is 0.699. The van der Waals surface area contributed by atoms with E-state index in [1.807, 2.05) is 62.4 Å². The van der Waals surface area contributed by atoms with E-state index >= 15 is 0 Å². The van der Waals surface area contributed by atoms with Crippen LogP contribution in [0, 0.1) is 13.8 Å². The number of para-hydroxylation sites is 2. The fourth-order valence-electron chi connectivity index (χ4n) is 4.25. The molecule has 33 heavy (non-hydrogen) atoms. The lowest BCUT2D eigenvalue weighted by atomic mass is 10.1. The largest absolute Gasteiger partial charge is 0.489 e. The maximum Gasteiger partial charge on any atom is 0.238 e. The highest BCUT2D eigenvalue weighted by Crippen LogP contribution is 2.23. The van der Waals surface area contributed by atoms with Crippen molar-refractivity contribution in [3.63, 3.8) is 0 Å². The van der Waals surface area contributed by atoms with Gasteiger partial charge in [-0.1, -0.05) is 36.4 Å². The Hall–Kier alpha value is -3.00. The van der Waals surface area contributed by atoms with Crippen molar-refractivity contribution >= 4 is 22.5 Å². The van der Waals surface area contributed by atoms with Crippen LogP contribution in [0.2, 0.25) is 0 Å². The molecule has 7 nitrogen and oxygen atoms in total. The number of hydrogen-bond donors (Lipinski definition) is 2. The number of carbonyl (C=O) groups excluding carboxylic acids is 1. The van der Waals surface area contributed by atoms with Gasteiger partial charge in [-0.25, -0.2) is 0 Å². The number of aromatic nitrogens is 1. The van der Waals surface area contributed by atoms with E-state index < -0.39 is 6.10 Å². The molecule has 174 valence electrons. The minimum Gasteiger partial charge on any atom is -0.489 e. The molecule has 0 aliphatic carbocycles. The summed E-state index contributed by atoms with van der Waals surface area (Å²) < 4.78 is 5.87. The van der Waals surface area contributed by atoms with Crippen LogP contribution in [0.1, 0.15) is 11.1 Å². The quantitative estimate of drug-likeness (QED) is 0.552. The highest BCUT2D eigenvalue weighted by molar-refractivity contribution is 5.93. The fraction of sp³-hybridized carbons (Fsp3) is 0.385. The zero-order valence-electron chi connectivity index (χ0n) is 19.3. The Balaban J connectivity index is 1.20. The van der Waals surface area contributed by atoms with Crippen molar-refractivity contribution < 1.29 is 14.6 Å². The lowest BCUT2D eigenvalue weighted by Gasteiger charge is -2.35. The first-order valence-electron chi connectivity index (χ1n) is 11.4. The van der Waals surface area contributed by atoms with Gasteiger partial charge in [0.25, 0.3) is 0 Å². The molecule has 1 saturated heterocycles. The summed E-state index contributed by atoms with van der Waals surface area (Å²) >= 11 is 0. The second-order valence-electron chi connectivity index (χ2n) is 8.69. The molecule has 1 atom stereocenters. The van der Waals surface area contributed by atoms with E-state index in [0.29, 0.717) is 18.8 Å². The Bertz CT molecular complexity index is 1070. The Morgan fingerprint density at radius 2 is 1.70 bits per heavy atom. The number of nitrogens with zero attached hydrogens (tertiary/aromatic N) is 3. The van der Waals surface area contributed by atoms with Crippen molar-refractivity contribution in [2.45, 2.75) is 20.0 Å². The van der Waals surface area contributed by atoms with Crippen molar-refractivity contribution in [1.82, 2.24) is 14.8 Å². The van der Waals surface area contributed by atoms with Gasteiger partial charge in [0.2, 0.25) is 5.91 Å². The van der Waals surface area contributed by atoms with Crippen LogP contribution in [0.4, 0.5) is 5.69 Å². The number of aryl methyl sites for hydroxylation is 2. The van der Waals surface area contributed by atoms with Crippen molar-refractivity contribution in [2.75, 3.05) is 51.2 Å². The second kappa shape index (κ2) is 10.7. The lowest BCUT2D eigenvalue weighted by molar-refractivity contribution is -0.117. The molecule has 1 aromatic heterocycles. The summed E-state index contributed by atoms with van der Waals surface area (Å²) in [7, 11) is 0. The van der Waals surface area contributed by atoms with Crippen LogP contribution in [0.25, 0.3) is 10.9 Å². The van der Waals surface area contributed by atoms with Gasteiger partial charge in [0.1, 0.15) is 24.0 Å². The number of fused-ring (bicyclic) bond motifs is 1. The number of ether oxygens (including phenoxy) is 1. The predicted molar refractivity (Wildman–Crippen MR) is 131 cm³/mol. The third-order valence-electron chi connectivity index (χ3n) is 6.07. The maximum absolute atomic E-state index is 12.5. The topological polar surface area (TPSA) is 77.9 Å². The summed E-state index contributed by atoms with van der Waals surface area (Å²) in [5, 5.41) is 14.6. The molecule has 0 radical (unpaired) electrons. The molecular formula is C26H32N4O3. The standard InChI is InChI=1S/C26H32N4O3/c1-19-6-3-7-20(2)25(19)28-24(32)17-30-14-12-29(13-15-30)16-22(31)18-33-23-10-4-8-21-9-5-11-27-26(21)23/h3-11,22,31H,12-18H2,1-2H3,(H,28,32). The summed E-state index contributed by atoms with van der Waals surface area (Å²) in [5.41, 5.74) is 3.86. The molecule has 1 aliphatic rings. The molecule has 3 aromatic rings. The van der Waals surface area contributed by atoms with Gasteiger partial charge in [-0.3, -0.25) is 19.6 Å². The van der Waals surface area contributed by atoms with Crippen LogP contribution in [0.15, 0.2) is 54.7 Å². The number of aliphatic hydroxyl groups excluding tert-OH is 1. The van der Waals surface area contributed by atoms with E-state index in [4.69, 9.17) is 4.74 Å². The molecule has 4 rings (SSSR count). The zero-order valence-corrected chi connectivity index (χ0v) is 19.3. The number of benzene rings is 2. The summed E-state index contributed by atoms with van der Waals surface area (Å²) in [6.45, 7) is 8.35. The molecule has 2 aromatic carbocycles. The number of pyridine rings is 1. The van der Waals surface area contributed by atoms with E-state index in [1.54, 1.807) is 6.20 Å². The minimum atomic E-state index is -0.595. The van der Waals surface area contributed by atoms with E-state index in [1.165, 1.54) is 0 Å². The predicted octanol–water partition coefficient (Wildman–Crippen LogP) is 2.85. The number of β-amino-alcohol motifs (C(OH)–C–C–N with tert-alkyl or cyclic N) is 1. The maximum atomic E-state index is 12.5. The average Bonchev–Trinajstić information content (AvgIpc) is 2.81. The van der Waals surface area contributed by atoms with Crippen LogP contribution in [-0.2, 0) is 4.79 Å². The number of carbonyl (C=O) groups is 1. The molecule has 2 N–H and O–H groups in total. The van der Waals surface area contributed by atoms with E-state index in [9.17, 15) is 9.90 Å². The number of piperazine rings is 1. The molecular weight excluding hydrogens is 416 g/mol. The highest BCUT2D eigenvalue weighted by Gasteiger charge is 2.21. The van der Waals surface area contributed by atoms with Gasteiger partial charge >= 0.3 is 0 Å². The van der Waals surface area contributed by atoms with Gasteiger partial charge in [0.15, 0.2) is 0 Å². The Labute approximate surface area is 195 Å². The SMILES string of the molecule is Cc1cccc(C)c1NC(=O)CN1CCN(CC(O)COc2cccc3cccnc23)CC1. The van der Waals surface area contributed by atoms with Gasteiger partial charge in [0, 0.05) is 50.0 Å². The average molecular weight is 449 g/mol. The number of aliphatic hydroxyl groups is 1. The first-order valence-corrected chi connectivity index (χ1v) is 11.4. The van der Waals surface area contributed by atoms with Crippen molar-refractivity contribution in [2.24, 2.45) is 0 Å². The van der Waals surface area contributed by atoms with Crippen LogP contribution < -0.4 is 10.1 Å². The van der Waals surface area contributed by atoms with Crippen LogP contribution in [0.3, 0.4) is 0 Å². The van der Waals surface area contributed by atoms with E-state index in [0.717, 1.165) is 53.9 Å². The lowest BCUT2D eigenvalue weighted by Crippen LogP contribution is -2.50. The number of hydrogen-bond acceptors (Lipinski definition) is 6. The first kappa shape index (κ1) is 23.2. The summed E-state index contributed by atoms with van der Waals surface area (Å²) in [4.78, 5) is 21.3. The Kier molecular flexibility index (Phi) is 7.54. The van der Waals surface area contributed by atoms with Crippen LogP contribution in [0.5, 0.6) is 5.75 Å². The van der Waals surface area contributed by atoms with Gasteiger partial charge in [-0.15, -0.1) is 0 Å². The zero-order chi connectivity index (χ0) is 23.2. The molecule has 1 amide bonds. The van der Waals surface area contributed by atoms with E-state index in [-0.39, 0.29) is 12.5 Å². The van der Waals surface area contributed by atoms with Crippen LogP contribution in [-0.4, -0.2) is 77.8 Å². The van der Waals surface area contributed by atoms with Crippen LogP contribution >= 0.6 is 0 Å². The Morgan fingerprint density at radius 1 is 1.03 bits per heavy atom. The third kappa shape index (κ3) is 6.07. The molecule has 1 unspecified atom stereocenters. The van der Waals surface area contributed by atoms with E-state index in [2.05, 4.69) is 20.1 Å². The molecule has 0 bridgehead atoms. The summed E-state index contributed by atoms with van der Waals surface area (Å²) in [6, 6.07) is 15.7. The number of rotatable bonds is 8. The monoisotopic (exact) mass is 448 g/mol. The number of nitrogens with one attached hydrogen (secondary N) is 1. The normalized spacial score (nSPS) is 16.0. The molecule has 1 fully saturated rings. The smallest absolute Gasteiger partial charge is 0.238 e. The Morgan fingerprint density at radius 3 is 2.45 bits per heavy atom. The van der Waals surface area contributed by atoms with Gasteiger partial charge in [0.05, 0.1) is 6.54 Å². The van der Waals surface area contributed by atoms with Crippen molar-refractivity contribution in [3.05, 3.63) is 65.9 Å². The molecule has 0 saturated carbocycles. The van der Waals surface area contributed by atoms with Crippen molar-refractivity contribution in [3.8, 4) is 5.75 Å². The molecule has 1 aliphatic heterocycles. The van der Waals surface area contributed by atoms with Crippen molar-refractivity contribution in [1.29, 1.82) is 0 Å². The third-order valence-corrected chi connectivity index (χ3v) is 6.07. The number of anilines is 1. The molecule has 2 heterocycles. The number of amides is 1. The first-order chi connectivity index (χ1) is 16.0. The second-order valence-corrected chi connectivity index (χ2v) is 8.69. The van der Waals surface area contributed by atoms with Gasteiger partial charge in [-0.2, -0.15) is 0 Å². The highest BCUT2D eigenvalue weighted by atomic mass is 16.5. The summed E-state index contributed by atoms with van der Waals surface area (Å²) in [6.07, 6.45) is 1.15. The van der Waals surface area contributed by atoms with Gasteiger partial charge < -0.3 is 15.2 Å². The molecule has 0 spiro atoms. The fourth-order valence-corrected chi connectivity index (χ4v) is 4.25. The molecule has 7 heteroatoms.